The third kappa shape index (κ3) is 5.02. The number of carbonyl (C=O) groups is 2. The van der Waals surface area contributed by atoms with Crippen LogP contribution >= 0.6 is 0 Å². The maximum Gasteiger partial charge on any atom is 0.412 e. The number of rotatable bonds is 8. The second-order valence-corrected chi connectivity index (χ2v) is 8.79. The van der Waals surface area contributed by atoms with Crippen LogP contribution in [0.2, 0.25) is 0 Å². The van der Waals surface area contributed by atoms with Crippen molar-refractivity contribution in [3.05, 3.63) is 59.7 Å². The van der Waals surface area contributed by atoms with Gasteiger partial charge in [-0.2, -0.15) is 0 Å². The molecule has 2 unspecified atom stereocenters. The van der Waals surface area contributed by atoms with E-state index >= 15 is 0 Å². The van der Waals surface area contributed by atoms with Crippen molar-refractivity contribution >= 4 is 24.1 Å². The Morgan fingerprint density at radius 1 is 1.21 bits per heavy atom. The van der Waals surface area contributed by atoms with E-state index in [1.807, 2.05) is 48.5 Å². The quantitative estimate of drug-likeness (QED) is 0.404. The predicted molar refractivity (Wildman–Crippen MR) is 129 cm³/mol. The Morgan fingerprint density at radius 2 is 1.85 bits per heavy atom. The van der Waals surface area contributed by atoms with E-state index in [1.165, 1.54) is 6.21 Å². The average Bonchev–Trinajstić information content (AvgIpc) is 3.52. The molecule has 0 spiro atoms. The van der Waals surface area contributed by atoms with Crippen LogP contribution in [0.1, 0.15) is 36.3 Å². The first-order valence-electron chi connectivity index (χ1n) is 11.4. The van der Waals surface area contributed by atoms with Gasteiger partial charge in [0.25, 0.3) is 0 Å². The normalized spacial score (nSPS) is 19.8. The fourth-order valence-electron chi connectivity index (χ4n) is 4.27. The topological polar surface area (TPSA) is 121 Å². The highest BCUT2D eigenvalue weighted by molar-refractivity contribution is 6.07. The first kappa shape index (κ1) is 23.6. The summed E-state index contributed by atoms with van der Waals surface area (Å²) in [5.41, 5.74) is 2.88. The first-order valence-corrected chi connectivity index (χ1v) is 11.4. The lowest BCUT2D eigenvalue weighted by atomic mass is 9.92. The Morgan fingerprint density at radius 3 is 2.35 bits per heavy atom. The van der Waals surface area contributed by atoms with Gasteiger partial charge in [-0.05, 0) is 41.5 Å². The Labute approximate surface area is 198 Å². The SMILES string of the molecule is CN=C(NC(=O)OCC1CCOC1)C(C=N)c1ccc(-c2ccc(C3(C(=O)O)CC3)cc2)cc1. The standard InChI is InChI=1S/C26H29N3O5/c1-28-23(29-25(32)34-16-17-10-13-33-15-17)22(14-27)20-4-2-18(3-5-20)19-6-8-21(9-7-19)26(11-12-26)24(30)31/h2-9,14,17,22,27H,10-13,15-16H2,1H3,(H,30,31)(H,28,29,32). The minimum Gasteiger partial charge on any atom is -0.481 e. The van der Waals surface area contributed by atoms with E-state index in [9.17, 15) is 14.7 Å². The number of hydrogen-bond donors (Lipinski definition) is 3. The molecule has 2 aliphatic rings. The molecule has 0 radical (unpaired) electrons. The molecular weight excluding hydrogens is 434 g/mol. The van der Waals surface area contributed by atoms with Gasteiger partial charge in [-0.1, -0.05) is 48.5 Å². The monoisotopic (exact) mass is 463 g/mol. The van der Waals surface area contributed by atoms with E-state index in [2.05, 4.69) is 10.3 Å². The summed E-state index contributed by atoms with van der Waals surface area (Å²) < 4.78 is 10.6. The second kappa shape index (κ2) is 10.2. The van der Waals surface area contributed by atoms with E-state index in [1.54, 1.807) is 7.05 Å². The number of aliphatic carboxylic acids is 1. The lowest BCUT2D eigenvalue weighted by Gasteiger charge is -2.17. The number of benzene rings is 2. The molecule has 1 aliphatic carbocycles. The van der Waals surface area contributed by atoms with Crippen LogP contribution in [0.15, 0.2) is 53.5 Å². The fraction of sp³-hybridized carbons (Fsp3) is 0.385. The highest BCUT2D eigenvalue weighted by Crippen LogP contribution is 2.48. The van der Waals surface area contributed by atoms with Crippen molar-refractivity contribution in [3.63, 3.8) is 0 Å². The number of ether oxygens (including phenoxy) is 2. The number of amides is 1. The minimum atomic E-state index is -0.763. The zero-order valence-electron chi connectivity index (χ0n) is 19.1. The molecule has 0 bridgehead atoms. The molecule has 2 fully saturated rings. The number of hydrogen-bond acceptors (Lipinski definition) is 6. The highest BCUT2D eigenvalue weighted by atomic mass is 16.6. The summed E-state index contributed by atoms with van der Waals surface area (Å²) in [6.45, 7) is 1.58. The zero-order valence-corrected chi connectivity index (χ0v) is 19.1. The van der Waals surface area contributed by atoms with Gasteiger partial charge in [0.15, 0.2) is 0 Å². The van der Waals surface area contributed by atoms with Crippen LogP contribution in [0.4, 0.5) is 4.79 Å². The smallest absolute Gasteiger partial charge is 0.412 e. The van der Waals surface area contributed by atoms with Gasteiger partial charge in [-0.25, -0.2) is 4.79 Å². The molecule has 178 valence electrons. The summed E-state index contributed by atoms with van der Waals surface area (Å²) in [6.07, 6.45) is 2.88. The summed E-state index contributed by atoms with van der Waals surface area (Å²) in [7, 11) is 1.57. The molecule has 0 aromatic heterocycles. The Kier molecular flexibility index (Phi) is 7.07. The molecule has 1 amide bonds. The predicted octanol–water partition coefficient (Wildman–Crippen LogP) is 3.99. The van der Waals surface area contributed by atoms with E-state index in [4.69, 9.17) is 14.9 Å². The van der Waals surface area contributed by atoms with E-state index in [-0.39, 0.29) is 5.92 Å². The molecule has 8 nitrogen and oxygen atoms in total. The number of carboxylic acids is 1. The van der Waals surface area contributed by atoms with Crippen molar-refractivity contribution < 1.29 is 24.2 Å². The van der Waals surface area contributed by atoms with Gasteiger partial charge in [0.2, 0.25) is 0 Å². The van der Waals surface area contributed by atoms with Crippen molar-refractivity contribution in [2.45, 2.75) is 30.6 Å². The van der Waals surface area contributed by atoms with Crippen molar-refractivity contribution in [2.24, 2.45) is 10.9 Å². The van der Waals surface area contributed by atoms with Crippen LogP contribution in [0.5, 0.6) is 0 Å². The molecule has 8 heteroatoms. The number of alkyl carbamates (subject to hydrolysis) is 1. The van der Waals surface area contributed by atoms with Crippen LogP contribution in [-0.4, -0.2) is 56.1 Å². The third-order valence-corrected chi connectivity index (χ3v) is 6.61. The summed E-state index contributed by atoms with van der Waals surface area (Å²) >= 11 is 0. The largest absolute Gasteiger partial charge is 0.481 e. The molecule has 2 aromatic rings. The van der Waals surface area contributed by atoms with Gasteiger partial charge in [0.1, 0.15) is 5.84 Å². The molecule has 3 N–H and O–H groups in total. The highest BCUT2D eigenvalue weighted by Gasteiger charge is 2.51. The number of carboxylic acid groups (broad SMARTS) is 1. The van der Waals surface area contributed by atoms with Crippen molar-refractivity contribution in [1.29, 1.82) is 5.41 Å². The summed E-state index contributed by atoms with van der Waals surface area (Å²) in [5.74, 6) is -0.732. The lowest BCUT2D eigenvalue weighted by molar-refractivity contribution is -0.140. The molecule has 2 atom stereocenters. The van der Waals surface area contributed by atoms with Gasteiger partial charge in [0, 0.05) is 25.8 Å². The maximum absolute atomic E-state index is 12.2. The number of nitrogens with zero attached hydrogens (tertiary/aromatic N) is 1. The molecule has 1 saturated carbocycles. The molecule has 1 heterocycles. The lowest BCUT2D eigenvalue weighted by Crippen LogP contribution is -2.36. The van der Waals surface area contributed by atoms with Crippen LogP contribution in [0, 0.1) is 11.3 Å². The fourth-order valence-corrected chi connectivity index (χ4v) is 4.27. The average molecular weight is 464 g/mol. The van der Waals surface area contributed by atoms with E-state index in [0.717, 1.165) is 28.7 Å². The molecule has 1 aliphatic heterocycles. The van der Waals surface area contributed by atoms with E-state index in [0.29, 0.717) is 38.5 Å². The summed E-state index contributed by atoms with van der Waals surface area (Å²) in [4.78, 5) is 28.0. The zero-order chi connectivity index (χ0) is 24.1. The molecule has 1 saturated heterocycles. The maximum atomic E-state index is 12.2. The number of aliphatic imine (C=N–C) groups is 1. The number of nitrogens with one attached hydrogen (secondary N) is 2. The molecule has 34 heavy (non-hydrogen) atoms. The second-order valence-electron chi connectivity index (χ2n) is 8.79. The van der Waals surface area contributed by atoms with E-state index < -0.39 is 23.4 Å². The number of carbonyl (C=O) groups excluding carboxylic acids is 1. The number of amidine groups is 1. The summed E-state index contributed by atoms with van der Waals surface area (Å²) in [5, 5.41) is 20.0. The van der Waals surface area contributed by atoms with Gasteiger partial charge < -0.3 is 20.0 Å². The molecular formula is C26H29N3O5. The van der Waals surface area contributed by atoms with Crippen LogP contribution in [0.3, 0.4) is 0 Å². The van der Waals surface area contributed by atoms with Crippen LogP contribution in [-0.2, 0) is 19.7 Å². The molecule has 2 aromatic carbocycles. The van der Waals surface area contributed by atoms with Crippen molar-refractivity contribution in [3.8, 4) is 11.1 Å². The first-order chi connectivity index (χ1) is 16.5. The van der Waals surface area contributed by atoms with Crippen molar-refractivity contribution in [1.82, 2.24) is 5.32 Å². The van der Waals surface area contributed by atoms with Crippen molar-refractivity contribution in [2.75, 3.05) is 26.9 Å². The van der Waals surface area contributed by atoms with Gasteiger partial charge in [-0.3, -0.25) is 15.1 Å². The van der Waals surface area contributed by atoms with Gasteiger partial charge >= 0.3 is 12.1 Å². The third-order valence-electron chi connectivity index (χ3n) is 6.61. The summed E-state index contributed by atoms with van der Waals surface area (Å²) in [6, 6.07) is 15.3. The molecule has 4 rings (SSSR count). The Hall–Kier alpha value is -3.52. The van der Waals surface area contributed by atoms with Crippen LogP contribution in [0.25, 0.3) is 11.1 Å². The van der Waals surface area contributed by atoms with Crippen LogP contribution < -0.4 is 5.32 Å². The Balaban J connectivity index is 1.41. The van der Waals surface area contributed by atoms with Gasteiger partial charge in [-0.15, -0.1) is 0 Å². The van der Waals surface area contributed by atoms with Gasteiger partial charge in [0.05, 0.1) is 24.5 Å². The minimum absolute atomic E-state index is 0.215. The Bertz CT molecular complexity index is 1070.